The Bertz CT molecular complexity index is 697. The summed E-state index contributed by atoms with van der Waals surface area (Å²) < 4.78 is 4.87. The molecule has 0 saturated heterocycles. The summed E-state index contributed by atoms with van der Waals surface area (Å²) in [5, 5.41) is 2.66. The van der Waals surface area contributed by atoms with Crippen molar-refractivity contribution in [2.45, 2.75) is 6.54 Å². The minimum Gasteiger partial charge on any atom is -0.337 e. The molecule has 0 saturated carbocycles. The van der Waals surface area contributed by atoms with E-state index in [4.69, 9.17) is 0 Å². The van der Waals surface area contributed by atoms with Crippen LogP contribution in [0, 0.1) is 7.14 Å². The molecule has 0 aliphatic carbocycles. The predicted molar refractivity (Wildman–Crippen MR) is 95.1 cm³/mol. The predicted octanol–water partition coefficient (Wildman–Crippen LogP) is 5.19. The molecule has 0 fully saturated rings. The van der Waals surface area contributed by atoms with Gasteiger partial charge in [0.2, 0.25) is 0 Å². The molecule has 0 aliphatic heterocycles. The van der Waals surface area contributed by atoms with Crippen molar-refractivity contribution in [1.82, 2.24) is 4.57 Å². The molecule has 2 aromatic carbocycles. The van der Waals surface area contributed by atoms with E-state index >= 15 is 0 Å². The van der Waals surface area contributed by atoms with Crippen molar-refractivity contribution in [1.29, 1.82) is 0 Å². The third-order valence-electron chi connectivity index (χ3n) is 3.10. The van der Waals surface area contributed by atoms with Crippen molar-refractivity contribution in [3.05, 3.63) is 56.2 Å². The number of benzene rings is 2. The Hall–Kier alpha value is -0.560. The lowest BCUT2D eigenvalue weighted by atomic mass is 10.2. The average Bonchev–Trinajstić information content (AvgIpc) is 2.64. The summed E-state index contributed by atoms with van der Waals surface area (Å²) in [6.07, 6.45) is 1.95. The highest BCUT2D eigenvalue weighted by Crippen LogP contribution is 2.31. The highest BCUT2D eigenvalue weighted by molar-refractivity contribution is 14.1. The topological polar surface area (TPSA) is 4.93 Å². The van der Waals surface area contributed by atoms with Gasteiger partial charge in [-0.3, -0.25) is 0 Å². The van der Waals surface area contributed by atoms with E-state index in [-0.39, 0.29) is 0 Å². The Kier molecular flexibility index (Phi) is 3.36. The summed E-state index contributed by atoms with van der Waals surface area (Å²) in [6.45, 7) is 4.71. The van der Waals surface area contributed by atoms with E-state index < -0.39 is 0 Å². The maximum atomic E-state index is 3.86. The SMILES string of the molecule is C=CCn1c2ccc(I)cc2c2cc(I)ccc21. The van der Waals surface area contributed by atoms with E-state index in [1.807, 2.05) is 6.08 Å². The van der Waals surface area contributed by atoms with E-state index in [9.17, 15) is 0 Å². The van der Waals surface area contributed by atoms with Crippen LogP contribution in [0.25, 0.3) is 21.8 Å². The van der Waals surface area contributed by atoms with Gasteiger partial charge in [0.1, 0.15) is 0 Å². The second kappa shape index (κ2) is 4.85. The molecule has 1 heterocycles. The average molecular weight is 459 g/mol. The molecule has 0 aliphatic rings. The van der Waals surface area contributed by atoms with E-state index in [1.54, 1.807) is 0 Å². The Morgan fingerprint density at radius 1 is 0.944 bits per heavy atom. The molecule has 0 N–H and O–H groups in total. The first-order chi connectivity index (χ1) is 8.70. The summed E-state index contributed by atoms with van der Waals surface area (Å²) in [4.78, 5) is 0. The number of hydrogen-bond acceptors (Lipinski definition) is 0. The van der Waals surface area contributed by atoms with Crippen molar-refractivity contribution in [3.63, 3.8) is 0 Å². The van der Waals surface area contributed by atoms with Crippen LogP contribution >= 0.6 is 45.2 Å². The number of nitrogens with zero attached hydrogens (tertiary/aromatic N) is 1. The number of allylic oxidation sites excluding steroid dienone is 1. The second-order valence-corrected chi connectivity index (χ2v) is 6.71. The summed E-state index contributed by atoms with van der Waals surface area (Å²) in [5.74, 6) is 0. The molecule has 1 nitrogen and oxygen atoms in total. The molecule has 0 bridgehead atoms. The normalized spacial score (nSPS) is 11.2. The number of fused-ring (bicyclic) bond motifs is 3. The zero-order valence-electron chi connectivity index (χ0n) is 9.66. The van der Waals surface area contributed by atoms with Gasteiger partial charge in [0.15, 0.2) is 0 Å². The Labute approximate surface area is 133 Å². The van der Waals surface area contributed by atoms with Crippen LogP contribution in [0.3, 0.4) is 0 Å². The second-order valence-electron chi connectivity index (χ2n) is 4.22. The first-order valence-corrected chi connectivity index (χ1v) is 7.84. The molecule has 0 atom stereocenters. The summed E-state index contributed by atoms with van der Waals surface area (Å²) in [6, 6.07) is 13.2. The fourth-order valence-electron chi connectivity index (χ4n) is 2.37. The lowest BCUT2D eigenvalue weighted by Crippen LogP contribution is -1.93. The van der Waals surface area contributed by atoms with Gasteiger partial charge >= 0.3 is 0 Å². The monoisotopic (exact) mass is 459 g/mol. The number of hydrogen-bond donors (Lipinski definition) is 0. The molecule has 3 heteroatoms. The summed E-state index contributed by atoms with van der Waals surface area (Å²) >= 11 is 4.74. The van der Waals surface area contributed by atoms with Crippen molar-refractivity contribution in [2.24, 2.45) is 0 Å². The quantitative estimate of drug-likeness (QED) is 0.368. The zero-order valence-corrected chi connectivity index (χ0v) is 14.0. The lowest BCUT2D eigenvalue weighted by molar-refractivity contribution is 0.901. The van der Waals surface area contributed by atoms with Crippen LogP contribution in [-0.2, 0) is 6.54 Å². The molecular weight excluding hydrogens is 448 g/mol. The van der Waals surface area contributed by atoms with Crippen molar-refractivity contribution in [2.75, 3.05) is 0 Å². The molecule has 1 aromatic heterocycles. The maximum absolute atomic E-state index is 3.86. The minimum absolute atomic E-state index is 0.848. The van der Waals surface area contributed by atoms with E-state index in [1.165, 1.54) is 28.9 Å². The van der Waals surface area contributed by atoms with Crippen LogP contribution in [0.15, 0.2) is 49.1 Å². The first kappa shape index (κ1) is 12.5. The zero-order chi connectivity index (χ0) is 12.7. The Balaban J connectivity index is 2.52. The lowest BCUT2D eigenvalue weighted by Gasteiger charge is -2.03. The van der Waals surface area contributed by atoms with Gasteiger partial charge in [-0.05, 0) is 81.6 Å². The van der Waals surface area contributed by atoms with Crippen LogP contribution in [0.1, 0.15) is 0 Å². The molecule has 3 rings (SSSR count). The third kappa shape index (κ3) is 1.97. The maximum Gasteiger partial charge on any atom is 0.0495 e. The molecular formula is C15H11I2N. The van der Waals surface area contributed by atoms with Gasteiger partial charge in [0.25, 0.3) is 0 Å². The van der Waals surface area contributed by atoms with Crippen LogP contribution in [0.2, 0.25) is 0 Å². The standard InChI is InChI=1S/C15H11I2N/c1-2-7-18-14-5-3-10(16)8-12(14)13-9-11(17)4-6-15(13)18/h2-6,8-9H,1,7H2. The first-order valence-electron chi connectivity index (χ1n) is 5.68. The van der Waals surface area contributed by atoms with Crippen molar-refractivity contribution in [3.8, 4) is 0 Å². The van der Waals surface area contributed by atoms with E-state index in [0.717, 1.165) is 6.54 Å². The smallest absolute Gasteiger partial charge is 0.0495 e. The Morgan fingerprint density at radius 3 is 1.89 bits per heavy atom. The molecule has 0 spiro atoms. The van der Waals surface area contributed by atoms with Gasteiger partial charge in [-0.1, -0.05) is 6.08 Å². The highest BCUT2D eigenvalue weighted by Gasteiger charge is 2.10. The summed E-state index contributed by atoms with van der Waals surface area (Å²) in [7, 11) is 0. The Morgan fingerprint density at radius 2 is 1.44 bits per heavy atom. The number of rotatable bonds is 2. The van der Waals surface area contributed by atoms with Gasteiger partial charge < -0.3 is 4.57 Å². The molecule has 3 aromatic rings. The van der Waals surface area contributed by atoms with Gasteiger partial charge in [0.05, 0.1) is 0 Å². The molecule has 18 heavy (non-hydrogen) atoms. The molecule has 0 radical (unpaired) electrons. The fourth-order valence-corrected chi connectivity index (χ4v) is 3.36. The van der Waals surface area contributed by atoms with Gasteiger partial charge in [0, 0.05) is 35.5 Å². The molecule has 0 amide bonds. The largest absolute Gasteiger partial charge is 0.337 e. The van der Waals surface area contributed by atoms with Crippen LogP contribution < -0.4 is 0 Å². The van der Waals surface area contributed by atoms with Crippen molar-refractivity contribution >= 4 is 67.0 Å². The molecule has 0 unspecified atom stereocenters. The highest BCUT2D eigenvalue weighted by atomic mass is 127. The number of aromatic nitrogens is 1. The van der Waals surface area contributed by atoms with Crippen LogP contribution in [0.5, 0.6) is 0 Å². The minimum atomic E-state index is 0.848. The summed E-state index contributed by atoms with van der Waals surface area (Å²) in [5.41, 5.74) is 2.57. The van der Waals surface area contributed by atoms with Gasteiger partial charge in [-0.15, -0.1) is 6.58 Å². The van der Waals surface area contributed by atoms with Gasteiger partial charge in [-0.25, -0.2) is 0 Å². The van der Waals surface area contributed by atoms with Crippen LogP contribution in [-0.4, -0.2) is 4.57 Å². The fraction of sp³-hybridized carbons (Fsp3) is 0.0667. The van der Waals surface area contributed by atoms with E-state index in [2.05, 4.69) is 92.7 Å². The number of halogens is 2. The van der Waals surface area contributed by atoms with Crippen molar-refractivity contribution < 1.29 is 0 Å². The third-order valence-corrected chi connectivity index (χ3v) is 4.44. The molecule has 90 valence electrons. The van der Waals surface area contributed by atoms with E-state index in [0.29, 0.717) is 0 Å². The van der Waals surface area contributed by atoms with Crippen LogP contribution in [0.4, 0.5) is 0 Å². The van der Waals surface area contributed by atoms with Gasteiger partial charge in [-0.2, -0.15) is 0 Å².